The third kappa shape index (κ3) is 1.44. The van der Waals surface area contributed by atoms with Gasteiger partial charge in [0, 0.05) is 6.54 Å². The number of anilines is 1. The monoisotopic (exact) mass is 193 g/mol. The van der Waals surface area contributed by atoms with Crippen molar-refractivity contribution in [1.82, 2.24) is 0 Å². The van der Waals surface area contributed by atoms with Crippen LogP contribution in [-0.2, 0) is 4.79 Å². The van der Waals surface area contributed by atoms with Gasteiger partial charge in [-0.2, -0.15) is 0 Å². The first-order chi connectivity index (χ1) is 6.83. The van der Waals surface area contributed by atoms with Crippen molar-refractivity contribution in [3.05, 3.63) is 24.3 Å². The molecule has 0 bridgehead atoms. The van der Waals surface area contributed by atoms with Crippen molar-refractivity contribution in [3.8, 4) is 5.75 Å². The first-order valence-corrected chi connectivity index (χ1v) is 4.46. The van der Waals surface area contributed by atoms with Gasteiger partial charge in [0.15, 0.2) is 6.61 Å². The van der Waals surface area contributed by atoms with Crippen LogP contribution in [0.5, 0.6) is 5.75 Å². The summed E-state index contributed by atoms with van der Waals surface area (Å²) in [4.78, 5) is 13.0. The Balaban J connectivity index is 2.36. The highest BCUT2D eigenvalue weighted by Gasteiger charge is 2.23. The van der Waals surface area contributed by atoms with Crippen LogP contribution in [-0.4, -0.2) is 30.8 Å². The summed E-state index contributed by atoms with van der Waals surface area (Å²) in [5, 5.41) is 8.83. The molecule has 2 rings (SSSR count). The van der Waals surface area contributed by atoms with Crippen LogP contribution in [0.4, 0.5) is 5.69 Å². The van der Waals surface area contributed by atoms with Crippen molar-refractivity contribution < 1.29 is 14.6 Å². The zero-order valence-electron chi connectivity index (χ0n) is 7.64. The number of ether oxygens (including phenoxy) is 1. The Bertz CT molecular complexity index is 351. The van der Waals surface area contributed by atoms with Gasteiger partial charge in [0.25, 0.3) is 5.91 Å². The summed E-state index contributed by atoms with van der Waals surface area (Å²) >= 11 is 0. The van der Waals surface area contributed by atoms with Gasteiger partial charge in [0.05, 0.1) is 12.3 Å². The normalized spacial score (nSPS) is 14.9. The predicted octanol–water partition coefficient (Wildman–Crippen LogP) is 0.404. The van der Waals surface area contributed by atoms with E-state index >= 15 is 0 Å². The van der Waals surface area contributed by atoms with Crippen LogP contribution in [0.25, 0.3) is 0 Å². The number of hydrogen-bond donors (Lipinski definition) is 1. The molecule has 4 nitrogen and oxygen atoms in total. The second-order valence-corrected chi connectivity index (χ2v) is 3.03. The number of aliphatic hydroxyl groups is 1. The molecule has 0 saturated heterocycles. The van der Waals surface area contributed by atoms with Crippen molar-refractivity contribution in [2.75, 3.05) is 24.7 Å². The van der Waals surface area contributed by atoms with Crippen LogP contribution in [0.3, 0.4) is 0 Å². The van der Waals surface area contributed by atoms with Crippen molar-refractivity contribution in [1.29, 1.82) is 0 Å². The molecule has 1 aliphatic rings. The van der Waals surface area contributed by atoms with Crippen molar-refractivity contribution in [2.45, 2.75) is 0 Å². The number of para-hydroxylation sites is 2. The number of hydrogen-bond acceptors (Lipinski definition) is 3. The Morgan fingerprint density at radius 2 is 2.21 bits per heavy atom. The summed E-state index contributed by atoms with van der Waals surface area (Å²) < 4.78 is 5.24. The Kier molecular flexibility index (Phi) is 2.37. The fraction of sp³-hybridized carbons (Fsp3) is 0.300. The Morgan fingerprint density at radius 3 is 3.00 bits per heavy atom. The minimum absolute atomic E-state index is 0.0416. The number of amides is 1. The molecule has 0 aliphatic carbocycles. The van der Waals surface area contributed by atoms with Crippen LogP contribution in [0, 0.1) is 0 Å². The number of benzene rings is 1. The summed E-state index contributed by atoms with van der Waals surface area (Å²) in [6.07, 6.45) is 0. The Morgan fingerprint density at radius 1 is 1.43 bits per heavy atom. The third-order valence-corrected chi connectivity index (χ3v) is 2.13. The molecule has 1 heterocycles. The molecule has 0 saturated carbocycles. The highest BCUT2D eigenvalue weighted by molar-refractivity contribution is 5.97. The van der Waals surface area contributed by atoms with Gasteiger partial charge in [-0.25, -0.2) is 0 Å². The molecule has 0 spiro atoms. The average Bonchev–Trinajstić information content (AvgIpc) is 2.23. The Labute approximate surface area is 81.7 Å². The summed E-state index contributed by atoms with van der Waals surface area (Å²) in [5.74, 6) is 0.582. The maximum Gasteiger partial charge on any atom is 0.265 e. The lowest BCUT2D eigenvalue weighted by atomic mass is 10.2. The van der Waals surface area contributed by atoms with Gasteiger partial charge in [-0.3, -0.25) is 4.79 Å². The van der Waals surface area contributed by atoms with Crippen LogP contribution in [0.2, 0.25) is 0 Å². The molecule has 0 aromatic heterocycles. The minimum atomic E-state index is -0.113. The zero-order valence-corrected chi connectivity index (χ0v) is 7.64. The minimum Gasteiger partial charge on any atom is -0.482 e. The molecule has 0 radical (unpaired) electrons. The van der Waals surface area contributed by atoms with E-state index in [4.69, 9.17) is 9.84 Å². The van der Waals surface area contributed by atoms with E-state index < -0.39 is 0 Å². The van der Waals surface area contributed by atoms with Gasteiger partial charge in [-0.05, 0) is 12.1 Å². The fourth-order valence-corrected chi connectivity index (χ4v) is 1.50. The molecular weight excluding hydrogens is 182 g/mol. The Hall–Kier alpha value is -1.55. The third-order valence-electron chi connectivity index (χ3n) is 2.13. The van der Waals surface area contributed by atoms with E-state index in [2.05, 4.69) is 0 Å². The molecule has 0 fully saturated rings. The summed E-state index contributed by atoms with van der Waals surface area (Å²) in [6.45, 7) is 0.330. The van der Waals surface area contributed by atoms with Crippen LogP contribution in [0.1, 0.15) is 0 Å². The smallest absolute Gasteiger partial charge is 0.265 e. The van der Waals surface area contributed by atoms with Gasteiger partial charge in [-0.15, -0.1) is 0 Å². The first kappa shape index (κ1) is 9.02. The van der Waals surface area contributed by atoms with Crippen molar-refractivity contribution in [3.63, 3.8) is 0 Å². The number of carbonyl (C=O) groups is 1. The first-order valence-electron chi connectivity index (χ1n) is 4.46. The maximum atomic E-state index is 11.4. The molecule has 0 unspecified atom stereocenters. The fourth-order valence-electron chi connectivity index (χ4n) is 1.50. The molecule has 74 valence electrons. The quantitative estimate of drug-likeness (QED) is 0.739. The molecule has 1 aliphatic heterocycles. The van der Waals surface area contributed by atoms with Gasteiger partial charge in [0.2, 0.25) is 0 Å². The van der Waals surface area contributed by atoms with E-state index in [-0.39, 0.29) is 19.1 Å². The number of rotatable bonds is 2. The molecule has 0 atom stereocenters. The van der Waals surface area contributed by atoms with Crippen molar-refractivity contribution >= 4 is 11.6 Å². The molecule has 1 amide bonds. The molecule has 4 heteroatoms. The standard InChI is InChI=1S/C10H11NO3/c12-6-5-11-8-3-1-2-4-9(8)14-7-10(11)13/h1-4,12H,5-7H2. The topological polar surface area (TPSA) is 49.8 Å². The lowest BCUT2D eigenvalue weighted by molar-refractivity contribution is -0.121. The van der Waals surface area contributed by atoms with Gasteiger partial charge >= 0.3 is 0 Å². The SMILES string of the molecule is O=C1COc2ccccc2N1CCO. The summed E-state index contributed by atoms with van der Waals surface area (Å²) in [5.41, 5.74) is 0.734. The zero-order chi connectivity index (χ0) is 9.97. The number of β-amino-alcohol motifs (C(OH)–C–C–N with tert-alkyl or cyclic N) is 1. The van der Waals surface area contributed by atoms with E-state index in [0.717, 1.165) is 5.69 Å². The second-order valence-electron chi connectivity index (χ2n) is 3.03. The lowest BCUT2D eigenvalue weighted by Gasteiger charge is -2.28. The van der Waals surface area contributed by atoms with E-state index in [1.165, 1.54) is 0 Å². The van der Waals surface area contributed by atoms with E-state index in [9.17, 15) is 4.79 Å². The van der Waals surface area contributed by atoms with Gasteiger partial charge in [-0.1, -0.05) is 12.1 Å². The predicted molar refractivity (Wildman–Crippen MR) is 51.4 cm³/mol. The van der Waals surface area contributed by atoms with Crippen molar-refractivity contribution in [2.24, 2.45) is 0 Å². The molecule has 14 heavy (non-hydrogen) atoms. The van der Waals surface area contributed by atoms with Crippen LogP contribution in [0.15, 0.2) is 24.3 Å². The van der Waals surface area contributed by atoms with Crippen LogP contribution < -0.4 is 9.64 Å². The molecule has 1 aromatic carbocycles. The highest BCUT2D eigenvalue weighted by Crippen LogP contribution is 2.30. The highest BCUT2D eigenvalue weighted by atomic mass is 16.5. The van der Waals surface area contributed by atoms with Gasteiger partial charge < -0.3 is 14.7 Å². The van der Waals surface area contributed by atoms with E-state index in [1.54, 1.807) is 4.90 Å². The van der Waals surface area contributed by atoms with Gasteiger partial charge in [0.1, 0.15) is 5.75 Å². The lowest BCUT2D eigenvalue weighted by Crippen LogP contribution is -2.40. The molecule has 1 aromatic rings. The number of fused-ring (bicyclic) bond motifs is 1. The summed E-state index contributed by atoms with van der Waals surface area (Å²) in [6, 6.07) is 7.31. The number of aliphatic hydroxyl groups excluding tert-OH is 1. The number of nitrogens with zero attached hydrogens (tertiary/aromatic N) is 1. The molecule has 1 N–H and O–H groups in total. The second kappa shape index (κ2) is 3.67. The van der Waals surface area contributed by atoms with E-state index in [1.807, 2.05) is 24.3 Å². The average molecular weight is 193 g/mol. The molecular formula is C10H11NO3. The van der Waals surface area contributed by atoms with E-state index in [0.29, 0.717) is 12.3 Å². The largest absolute Gasteiger partial charge is 0.482 e. The number of carbonyl (C=O) groups excluding carboxylic acids is 1. The summed E-state index contributed by atoms with van der Waals surface area (Å²) in [7, 11) is 0. The van der Waals surface area contributed by atoms with Crippen LogP contribution >= 0.6 is 0 Å². The maximum absolute atomic E-state index is 11.4.